The van der Waals surface area contributed by atoms with Crippen molar-refractivity contribution in [3.63, 3.8) is 0 Å². The zero-order valence-electron chi connectivity index (χ0n) is 19.2. The van der Waals surface area contributed by atoms with Gasteiger partial charge in [-0.3, -0.25) is 9.59 Å². The molecule has 2 aliphatic heterocycles. The van der Waals surface area contributed by atoms with E-state index in [1.807, 2.05) is 0 Å². The second kappa shape index (κ2) is 10.8. The number of hydrogen-bond donors (Lipinski definition) is 1. The number of likely N-dealkylation sites (tertiary alicyclic amines) is 1. The number of nitrogens with zero attached hydrogens (tertiary/aromatic N) is 2. The van der Waals surface area contributed by atoms with Crippen molar-refractivity contribution in [3.05, 3.63) is 59.0 Å². The molecule has 33 heavy (non-hydrogen) atoms. The van der Waals surface area contributed by atoms with Gasteiger partial charge in [-0.2, -0.15) is 0 Å². The smallest absolute Gasteiger partial charge is 0.308 e. The number of hydrogen-bond acceptors (Lipinski definition) is 5. The summed E-state index contributed by atoms with van der Waals surface area (Å²) < 4.78 is 19.0. The van der Waals surface area contributed by atoms with Gasteiger partial charge in [-0.1, -0.05) is 18.2 Å². The van der Waals surface area contributed by atoms with Crippen LogP contribution in [0.4, 0.5) is 10.2 Å². The molecular weight excluding hydrogens is 421 g/mol. The van der Waals surface area contributed by atoms with Crippen LogP contribution in [0.15, 0.2) is 36.4 Å². The van der Waals surface area contributed by atoms with Gasteiger partial charge in [0.25, 0.3) is 0 Å². The van der Waals surface area contributed by atoms with E-state index in [9.17, 15) is 14.0 Å². The number of aromatic nitrogens is 1. The zero-order valence-corrected chi connectivity index (χ0v) is 19.2. The molecule has 6 nitrogen and oxygen atoms in total. The number of benzene rings is 1. The molecule has 4 rings (SSSR count). The van der Waals surface area contributed by atoms with Gasteiger partial charge in [-0.25, -0.2) is 9.37 Å². The topological polar surface area (TPSA) is 71.5 Å². The number of nitrogens with one attached hydrogen (secondary N) is 1. The Labute approximate surface area is 194 Å². The van der Waals surface area contributed by atoms with Gasteiger partial charge >= 0.3 is 5.97 Å². The van der Waals surface area contributed by atoms with Gasteiger partial charge < -0.3 is 15.0 Å². The van der Waals surface area contributed by atoms with Crippen molar-refractivity contribution in [2.45, 2.75) is 57.9 Å². The minimum atomic E-state index is -0.509. The number of amides is 1. The molecule has 0 bridgehead atoms. The fraction of sp³-hybridized carbons (Fsp3) is 0.500. The van der Waals surface area contributed by atoms with Gasteiger partial charge in [0.15, 0.2) is 0 Å². The molecule has 2 aliphatic rings. The summed E-state index contributed by atoms with van der Waals surface area (Å²) in [5, 5.41) is 3.37. The highest BCUT2D eigenvalue weighted by Gasteiger charge is 2.37. The average molecular weight is 454 g/mol. The van der Waals surface area contributed by atoms with Crippen LogP contribution in [-0.2, 0) is 27.2 Å². The van der Waals surface area contributed by atoms with Crippen LogP contribution in [0, 0.1) is 11.7 Å². The number of carbonyl (C=O) groups excluding carboxylic acids is 2. The Morgan fingerprint density at radius 2 is 2.21 bits per heavy atom. The first kappa shape index (κ1) is 23.2. The molecular formula is C26H32FN3O3. The number of aryl methyl sites for hydroxylation is 2. The number of halogens is 1. The summed E-state index contributed by atoms with van der Waals surface area (Å²) in [5.74, 6) is 0.193. The Bertz CT molecular complexity index is 996. The number of rotatable bonds is 9. The van der Waals surface area contributed by atoms with E-state index >= 15 is 0 Å². The standard InChI is InChI=1S/C26H32FN3O3/c1-2-33-24(31)17-23(20-7-3-9-21(27)16-20)30-15-13-19(26(30)32)6-4-10-22-12-11-18-8-5-14-28-25(18)29-22/h3,7,9,11-12,16,19,23H,2,4-6,8,10,13-15,17H2,1H3,(H,28,29)/t19?,23-/m0/s1. The van der Waals surface area contributed by atoms with Crippen molar-refractivity contribution < 1.29 is 18.7 Å². The SMILES string of the molecule is CCOC(=O)C[C@@H](c1cccc(F)c1)N1CCC(CCCc2ccc3c(n2)NCCC3)C1=O. The molecule has 1 unspecified atom stereocenters. The Hall–Kier alpha value is -2.96. The van der Waals surface area contributed by atoms with E-state index in [2.05, 4.69) is 17.4 Å². The molecule has 1 aromatic heterocycles. The van der Waals surface area contributed by atoms with Gasteiger partial charge in [-0.15, -0.1) is 0 Å². The Balaban J connectivity index is 1.38. The minimum Gasteiger partial charge on any atom is -0.466 e. The Morgan fingerprint density at radius 3 is 3.03 bits per heavy atom. The molecule has 176 valence electrons. The lowest BCUT2D eigenvalue weighted by molar-refractivity contribution is -0.145. The van der Waals surface area contributed by atoms with E-state index in [-0.39, 0.29) is 36.6 Å². The summed E-state index contributed by atoms with van der Waals surface area (Å²) in [6.45, 7) is 3.55. The highest BCUT2D eigenvalue weighted by molar-refractivity contribution is 5.82. The second-order valence-electron chi connectivity index (χ2n) is 8.83. The van der Waals surface area contributed by atoms with Crippen LogP contribution >= 0.6 is 0 Å². The van der Waals surface area contributed by atoms with Crippen LogP contribution in [0.2, 0.25) is 0 Å². The molecule has 1 N–H and O–H groups in total. The van der Waals surface area contributed by atoms with Crippen molar-refractivity contribution in [2.24, 2.45) is 5.92 Å². The fourth-order valence-electron chi connectivity index (χ4n) is 4.88. The lowest BCUT2D eigenvalue weighted by atomic mass is 9.98. The van der Waals surface area contributed by atoms with E-state index < -0.39 is 6.04 Å². The van der Waals surface area contributed by atoms with Gasteiger partial charge in [0.1, 0.15) is 11.6 Å². The summed E-state index contributed by atoms with van der Waals surface area (Å²) in [4.78, 5) is 31.9. The van der Waals surface area contributed by atoms with E-state index in [1.165, 1.54) is 17.7 Å². The molecule has 2 atom stereocenters. The van der Waals surface area contributed by atoms with Gasteiger partial charge in [-0.05, 0) is 74.8 Å². The number of carbonyl (C=O) groups is 2. The molecule has 2 aromatic rings. The predicted molar refractivity (Wildman–Crippen MR) is 124 cm³/mol. The Morgan fingerprint density at radius 1 is 1.33 bits per heavy atom. The molecule has 0 spiro atoms. The number of pyridine rings is 1. The third-order valence-corrected chi connectivity index (χ3v) is 6.56. The quantitative estimate of drug-likeness (QED) is 0.568. The summed E-state index contributed by atoms with van der Waals surface area (Å²) >= 11 is 0. The summed E-state index contributed by atoms with van der Waals surface area (Å²) in [5.41, 5.74) is 2.95. The lowest BCUT2D eigenvalue weighted by Gasteiger charge is -2.28. The minimum absolute atomic E-state index is 0.0296. The fourth-order valence-corrected chi connectivity index (χ4v) is 4.88. The monoisotopic (exact) mass is 453 g/mol. The third-order valence-electron chi connectivity index (χ3n) is 6.56. The summed E-state index contributed by atoms with van der Waals surface area (Å²) in [6.07, 6.45) is 5.46. The summed E-state index contributed by atoms with van der Waals surface area (Å²) in [6, 6.07) is 9.89. The van der Waals surface area contributed by atoms with Crippen molar-refractivity contribution in [1.29, 1.82) is 0 Å². The molecule has 1 aromatic carbocycles. The van der Waals surface area contributed by atoms with Crippen molar-refractivity contribution >= 4 is 17.7 Å². The van der Waals surface area contributed by atoms with E-state index in [0.717, 1.165) is 56.6 Å². The molecule has 1 fully saturated rings. The first-order valence-corrected chi connectivity index (χ1v) is 12.0. The van der Waals surface area contributed by atoms with Gasteiger partial charge in [0, 0.05) is 24.7 Å². The van der Waals surface area contributed by atoms with Crippen LogP contribution in [0.5, 0.6) is 0 Å². The second-order valence-corrected chi connectivity index (χ2v) is 8.83. The third kappa shape index (κ3) is 5.70. The predicted octanol–water partition coefficient (Wildman–Crippen LogP) is 4.44. The van der Waals surface area contributed by atoms with Crippen LogP contribution < -0.4 is 5.32 Å². The summed E-state index contributed by atoms with van der Waals surface area (Å²) in [7, 11) is 0. The van der Waals surface area contributed by atoms with Gasteiger partial charge in [0.2, 0.25) is 5.91 Å². The molecule has 0 aliphatic carbocycles. The Kier molecular flexibility index (Phi) is 7.57. The van der Waals surface area contributed by atoms with Crippen LogP contribution in [0.1, 0.15) is 61.9 Å². The largest absolute Gasteiger partial charge is 0.466 e. The van der Waals surface area contributed by atoms with E-state index in [4.69, 9.17) is 9.72 Å². The van der Waals surface area contributed by atoms with Crippen molar-refractivity contribution in [2.75, 3.05) is 25.0 Å². The molecule has 3 heterocycles. The first-order valence-electron chi connectivity index (χ1n) is 12.0. The lowest BCUT2D eigenvalue weighted by Crippen LogP contribution is -2.33. The van der Waals surface area contributed by atoms with Crippen LogP contribution in [-0.4, -0.2) is 41.5 Å². The highest BCUT2D eigenvalue weighted by Crippen LogP contribution is 2.34. The highest BCUT2D eigenvalue weighted by atomic mass is 19.1. The first-order chi connectivity index (χ1) is 16.0. The van der Waals surface area contributed by atoms with Crippen molar-refractivity contribution in [1.82, 2.24) is 9.88 Å². The molecule has 1 amide bonds. The number of esters is 1. The number of anilines is 1. The zero-order chi connectivity index (χ0) is 23.2. The molecule has 0 radical (unpaired) electrons. The maximum absolute atomic E-state index is 13.9. The van der Waals surface area contributed by atoms with Crippen LogP contribution in [0.3, 0.4) is 0 Å². The molecule has 1 saturated heterocycles. The van der Waals surface area contributed by atoms with E-state index in [0.29, 0.717) is 12.1 Å². The molecule has 7 heteroatoms. The number of ether oxygens (including phenoxy) is 1. The average Bonchev–Trinajstić information content (AvgIpc) is 3.17. The van der Waals surface area contributed by atoms with Crippen LogP contribution in [0.25, 0.3) is 0 Å². The maximum atomic E-state index is 13.9. The van der Waals surface area contributed by atoms with E-state index in [1.54, 1.807) is 24.0 Å². The normalized spacial score (nSPS) is 18.5. The molecule has 0 saturated carbocycles. The number of fused-ring (bicyclic) bond motifs is 1. The van der Waals surface area contributed by atoms with Gasteiger partial charge in [0.05, 0.1) is 19.1 Å². The van der Waals surface area contributed by atoms with Crippen molar-refractivity contribution in [3.8, 4) is 0 Å². The maximum Gasteiger partial charge on any atom is 0.308 e.